The van der Waals surface area contributed by atoms with Crippen LogP contribution < -0.4 is 5.32 Å². The maximum Gasteiger partial charge on any atom is 0.338 e. The summed E-state index contributed by atoms with van der Waals surface area (Å²) in [7, 11) is -2.22. The monoisotopic (exact) mass is 424 g/mol. The molecule has 8 heteroatoms. The minimum Gasteiger partial charge on any atom is -0.452 e. The van der Waals surface area contributed by atoms with E-state index in [9.17, 15) is 18.0 Å². The van der Waals surface area contributed by atoms with Gasteiger partial charge in [-0.05, 0) is 50.3 Å². The first kappa shape index (κ1) is 23.3. The Bertz CT molecular complexity index is 837. The van der Waals surface area contributed by atoms with Gasteiger partial charge in [0.2, 0.25) is 10.0 Å². The van der Waals surface area contributed by atoms with Crippen molar-refractivity contribution in [3.63, 3.8) is 0 Å². The topological polar surface area (TPSA) is 92.8 Å². The second-order valence-electron chi connectivity index (χ2n) is 8.16. The fraction of sp³-hybridized carbons (Fsp3) is 0.619. The lowest BCUT2D eigenvalue weighted by molar-refractivity contribution is -0.125. The average molecular weight is 425 g/mol. The summed E-state index contributed by atoms with van der Waals surface area (Å²) in [6.45, 7) is 7.45. The van der Waals surface area contributed by atoms with Crippen molar-refractivity contribution in [1.82, 2.24) is 9.62 Å². The van der Waals surface area contributed by atoms with Crippen LogP contribution in [-0.2, 0) is 19.6 Å². The number of sulfonamides is 1. The SMILES string of the molecule is CC(C)N(C)S(=O)(=O)c1cccc(C(=O)OCC(=O)N[C@@H]2CCC[C@H](C)[C@H]2C)c1. The second-order valence-corrected chi connectivity index (χ2v) is 10.2. The van der Waals surface area contributed by atoms with Gasteiger partial charge in [0.1, 0.15) is 0 Å². The highest BCUT2D eigenvalue weighted by atomic mass is 32.2. The molecule has 0 heterocycles. The van der Waals surface area contributed by atoms with E-state index in [-0.39, 0.29) is 35.1 Å². The molecule has 1 aliphatic rings. The van der Waals surface area contributed by atoms with Crippen LogP contribution in [0.3, 0.4) is 0 Å². The summed E-state index contributed by atoms with van der Waals surface area (Å²) in [5, 5.41) is 2.95. The van der Waals surface area contributed by atoms with Gasteiger partial charge in [-0.15, -0.1) is 0 Å². The third-order valence-corrected chi connectivity index (χ3v) is 7.89. The Kier molecular flexibility index (Phi) is 7.82. The Morgan fingerprint density at radius 1 is 1.24 bits per heavy atom. The van der Waals surface area contributed by atoms with Gasteiger partial charge in [-0.25, -0.2) is 13.2 Å². The Balaban J connectivity index is 1.98. The number of hydrogen-bond acceptors (Lipinski definition) is 5. The maximum atomic E-state index is 12.6. The Morgan fingerprint density at radius 2 is 1.93 bits per heavy atom. The zero-order valence-corrected chi connectivity index (χ0v) is 18.7. The number of rotatable bonds is 7. The van der Waals surface area contributed by atoms with Crippen molar-refractivity contribution < 1.29 is 22.7 Å². The van der Waals surface area contributed by atoms with E-state index in [1.54, 1.807) is 13.8 Å². The van der Waals surface area contributed by atoms with Crippen LogP contribution in [0.1, 0.15) is 57.3 Å². The standard InChI is InChI=1S/C21H32N2O5S/c1-14(2)23(5)29(26,27)18-10-7-9-17(12-18)21(25)28-13-20(24)22-19-11-6-8-15(3)16(19)4/h7,9-10,12,14-16,19H,6,8,11,13H2,1-5H3,(H,22,24)/t15-,16+,19+/m0/s1. The summed E-state index contributed by atoms with van der Waals surface area (Å²) in [6, 6.07) is 5.54. The van der Waals surface area contributed by atoms with Crippen LogP contribution in [0, 0.1) is 11.8 Å². The van der Waals surface area contributed by atoms with Crippen molar-refractivity contribution in [3.05, 3.63) is 29.8 Å². The van der Waals surface area contributed by atoms with Crippen LogP contribution in [0.25, 0.3) is 0 Å². The van der Waals surface area contributed by atoms with Crippen molar-refractivity contribution in [3.8, 4) is 0 Å². The fourth-order valence-electron chi connectivity index (χ4n) is 3.48. The van der Waals surface area contributed by atoms with E-state index >= 15 is 0 Å². The van der Waals surface area contributed by atoms with Crippen molar-refractivity contribution in [2.45, 2.75) is 63.9 Å². The quantitative estimate of drug-likeness (QED) is 0.680. The molecule has 2 rings (SSSR count). The van der Waals surface area contributed by atoms with E-state index in [1.165, 1.54) is 35.6 Å². The molecule has 0 bridgehead atoms. The number of esters is 1. The van der Waals surface area contributed by atoms with Gasteiger partial charge < -0.3 is 10.1 Å². The molecule has 0 aliphatic heterocycles. The molecule has 0 saturated heterocycles. The molecule has 1 fully saturated rings. The number of hydrogen-bond donors (Lipinski definition) is 1. The van der Waals surface area contributed by atoms with Crippen LogP contribution in [-0.4, -0.2) is 50.3 Å². The summed E-state index contributed by atoms with van der Waals surface area (Å²) in [5.74, 6) is -0.143. The summed E-state index contributed by atoms with van der Waals surface area (Å²) in [6.07, 6.45) is 3.16. The van der Waals surface area contributed by atoms with Gasteiger partial charge >= 0.3 is 5.97 Å². The number of nitrogens with zero attached hydrogens (tertiary/aromatic N) is 1. The largest absolute Gasteiger partial charge is 0.452 e. The van der Waals surface area contributed by atoms with Gasteiger partial charge in [0.05, 0.1) is 10.5 Å². The number of ether oxygens (including phenoxy) is 1. The molecule has 162 valence electrons. The minimum atomic E-state index is -3.71. The third-order valence-electron chi connectivity index (χ3n) is 5.86. The van der Waals surface area contributed by atoms with E-state index in [0.717, 1.165) is 19.3 Å². The van der Waals surface area contributed by atoms with E-state index in [0.29, 0.717) is 11.8 Å². The highest BCUT2D eigenvalue weighted by Gasteiger charge is 2.28. The number of carbonyl (C=O) groups is 2. The van der Waals surface area contributed by atoms with Crippen LogP contribution >= 0.6 is 0 Å². The fourth-order valence-corrected chi connectivity index (χ4v) is 4.89. The molecule has 7 nitrogen and oxygen atoms in total. The average Bonchev–Trinajstić information content (AvgIpc) is 2.69. The summed E-state index contributed by atoms with van der Waals surface area (Å²) < 4.78 is 31.5. The molecule has 0 spiro atoms. The van der Waals surface area contributed by atoms with E-state index in [1.807, 2.05) is 0 Å². The molecular formula is C21H32N2O5S. The highest BCUT2D eigenvalue weighted by Crippen LogP contribution is 2.29. The minimum absolute atomic E-state index is 0.0117. The molecule has 1 amide bonds. The molecule has 0 unspecified atom stereocenters. The van der Waals surface area contributed by atoms with Gasteiger partial charge in [0.25, 0.3) is 5.91 Å². The lowest BCUT2D eigenvalue weighted by Crippen LogP contribution is -2.45. The molecule has 0 aromatic heterocycles. The Morgan fingerprint density at radius 3 is 2.59 bits per heavy atom. The van der Waals surface area contributed by atoms with E-state index in [4.69, 9.17) is 4.74 Å². The predicted molar refractivity (Wildman–Crippen MR) is 111 cm³/mol. The van der Waals surface area contributed by atoms with Crippen LogP contribution in [0.5, 0.6) is 0 Å². The molecule has 1 aliphatic carbocycles. The molecule has 3 atom stereocenters. The lowest BCUT2D eigenvalue weighted by atomic mass is 9.78. The van der Waals surface area contributed by atoms with Crippen molar-refractivity contribution in [1.29, 1.82) is 0 Å². The molecule has 29 heavy (non-hydrogen) atoms. The van der Waals surface area contributed by atoms with Gasteiger partial charge in [-0.1, -0.05) is 32.8 Å². The zero-order chi connectivity index (χ0) is 21.8. The van der Waals surface area contributed by atoms with Gasteiger partial charge in [-0.3, -0.25) is 4.79 Å². The molecule has 0 radical (unpaired) electrons. The first-order valence-corrected chi connectivity index (χ1v) is 11.5. The summed E-state index contributed by atoms with van der Waals surface area (Å²) in [5.41, 5.74) is 0.0932. The van der Waals surface area contributed by atoms with Crippen LogP contribution in [0.4, 0.5) is 0 Å². The molecule has 1 aromatic carbocycles. The normalized spacial score (nSPS) is 22.5. The number of carbonyl (C=O) groups excluding carboxylic acids is 2. The van der Waals surface area contributed by atoms with Gasteiger partial charge in [0, 0.05) is 19.1 Å². The van der Waals surface area contributed by atoms with Crippen molar-refractivity contribution >= 4 is 21.9 Å². The molecule has 1 saturated carbocycles. The highest BCUT2D eigenvalue weighted by molar-refractivity contribution is 7.89. The Hall–Kier alpha value is -1.93. The molecule has 1 aromatic rings. The smallest absolute Gasteiger partial charge is 0.338 e. The number of nitrogens with one attached hydrogen (secondary N) is 1. The van der Waals surface area contributed by atoms with Crippen molar-refractivity contribution in [2.24, 2.45) is 11.8 Å². The maximum absolute atomic E-state index is 12.6. The predicted octanol–water partition coefficient (Wildman–Crippen LogP) is 2.81. The summed E-state index contributed by atoms with van der Waals surface area (Å²) in [4.78, 5) is 24.5. The second kappa shape index (κ2) is 9.71. The first-order chi connectivity index (χ1) is 13.5. The third kappa shape index (κ3) is 5.79. The van der Waals surface area contributed by atoms with Gasteiger partial charge in [-0.2, -0.15) is 4.31 Å². The molecule has 1 N–H and O–H groups in total. The van der Waals surface area contributed by atoms with Crippen molar-refractivity contribution in [2.75, 3.05) is 13.7 Å². The van der Waals surface area contributed by atoms with Crippen LogP contribution in [0.15, 0.2) is 29.2 Å². The zero-order valence-electron chi connectivity index (χ0n) is 17.8. The lowest BCUT2D eigenvalue weighted by Gasteiger charge is -2.34. The summed E-state index contributed by atoms with van der Waals surface area (Å²) >= 11 is 0. The first-order valence-electron chi connectivity index (χ1n) is 10.1. The van der Waals surface area contributed by atoms with Gasteiger partial charge in [0.15, 0.2) is 6.61 Å². The van der Waals surface area contributed by atoms with E-state index in [2.05, 4.69) is 19.2 Å². The Labute approximate surface area is 173 Å². The van der Waals surface area contributed by atoms with Crippen LogP contribution in [0.2, 0.25) is 0 Å². The number of amides is 1. The number of benzene rings is 1. The van der Waals surface area contributed by atoms with E-state index < -0.39 is 16.0 Å². The molecular weight excluding hydrogens is 392 g/mol.